The molecule has 2 aromatic rings. The summed E-state index contributed by atoms with van der Waals surface area (Å²) in [5.74, 6) is 0.0419. The fraction of sp³-hybridized carbons (Fsp3) is 0.438. The van der Waals surface area contributed by atoms with E-state index in [0.717, 1.165) is 31.9 Å². The summed E-state index contributed by atoms with van der Waals surface area (Å²) in [5.41, 5.74) is -0.923. The first-order chi connectivity index (χ1) is 12.4. The van der Waals surface area contributed by atoms with E-state index >= 15 is 0 Å². The second-order valence-corrected chi connectivity index (χ2v) is 6.91. The van der Waals surface area contributed by atoms with Gasteiger partial charge >= 0.3 is 6.18 Å². The number of carbonyl (C=O) groups excluding carboxylic acids is 1. The highest BCUT2D eigenvalue weighted by molar-refractivity contribution is 7.12. The summed E-state index contributed by atoms with van der Waals surface area (Å²) in [6.07, 6.45) is -3.32. The average Bonchev–Trinajstić information content (AvgIpc) is 3.16. The summed E-state index contributed by atoms with van der Waals surface area (Å²) >= 11 is 1.40. The molecule has 0 saturated carbocycles. The van der Waals surface area contributed by atoms with Gasteiger partial charge in [-0.25, -0.2) is 9.97 Å². The van der Waals surface area contributed by atoms with E-state index in [1.54, 1.807) is 11.0 Å². The van der Waals surface area contributed by atoms with Gasteiger partial charge in [0.15, 0.2) is 0 Å². The van der Waals surface area contributed by atoms with Gasteiger partial charge in [-0.3, -0.25) is 4.79 Å². The topological polar surface area (TPSA) is 62.6 Å². The molecule has 3 heterocycles. The molecule has 0 unspecified atom stereocenters. The summed E-state index contributed by atoms with van der Waals surface area (Å²) in [5, 5.41) is 4.74. The van der Waals surface area contributed by atoms with Gasteiger partial charge in [-0.05, 0) is 17.5 Å². The number of nitrogens with zero attached hydrogens (tertiary/aromatic N) is 3. The third-order valence-corrected chi connectivity index (χ3v) is 5.06. The van der Waals surface area contributed by atoms with Crippen molar-refractivity contribution in [3.8, 4) is 0 Å². The number of hydrogen-bond donors (Lipinski definition) is 2. The molecule has 3 rings (SSSR count). The van der Waals surface area contributed by atoms with E-state index in [-0.39, 0.29) is 11.9 Å². The molecular formula is C16H19F3N5OS+. The molecule has 140 valence electrons. The van der Waals surface area contributed by atoms with Gasteiger partial charge in [0.2, 0.25) is 5.95 Å². The van der Waals surface area contributed by atoms with E-state index in [2.05, 4.69) is 15.3 Å². The van der Waals surface area contributed by atoms with Crippen LogP contribution >= 0.6 is 11.3 Å². The van der Waals surface area contributed by atoms with Crippen LogP contribution < -0.4 is 15.1 Å². The van der Waals surface area contributed by atoms with Crippen LogP contribution in [-0.2, 0) is 6.18 Å². The molecule has 2 aromatic heterocycles. The molecule has 0 atom stereocenters. The van der Waals surface area contributed by atoms with Crippen molar-refractivity contribution in [2.75, 3.05) is 44.2 Å². The Bertz CT molecular complexity index is 730. The fourth-order valence-corrected chi connectivity index (χ4v) is 3.42. The monoisotopic (exact) mass is 386 g/mol. The standard InChI is InChI=1S/C16H18F3N5OS/c17-16(18,19)13-3-4-21-15(22-13)24-9-7-23(8-10-24)6-5-20-14(25)12-2-1-11-26-12/h1-4,11H,5-10H2,(H,20,25)/p+1. The predicted molar refractivity (Wildman–Crippen MR) is 91.5 cm³/mol. The van der Waals surface area contributed by atoms with Crippen molar-refractivity contribution < 1.29 is 22.9 Å². The largest absolute Gasteiger partial charge is 0.433 e. The van der Waals surface area contributed by atoms with Gasteiger partial charge in [-0.15, -0.1) is 11.3 Å². The summed E-state index contributed by atoms with van der Waals surface area (Å²) in [6.45, 7) is 4.01. The molecule has 1 fully saturated rings. The quantitative estimate of drug-likeness (QED) is 0.794. The zero-order chi connectivity index (χ0) is 18.6. The van der Waals surface area contributed by atoms with Crippen molar-refractivity contribution in [1.82, 2.24) is 15.3 Å². The number of halogens is 3. The molecule has 10 heteroatoms. The zero-order valence-corrected chi connectivity index (χ0v) is 14.7. The van der Waals surface area contributed by atoms with E-state index in [1.165, 1.54) is 16.2 Å². The van der Waals surface area contributed by atoms with E-state index in [1.807, 2.05) is 11.4 Å². The Labute approximate surface area is 152 Å². The number of aromatic nitrogens is 2. The minimum atomic E-state index is -4.47. The van der Waals surface area contributed by atoms with Crippen LogP contribution in [0.4, 0.5) is 19.1 Å². The highest BCUT2D eigenvalue weighted by Gasteiger charge is 2.33. The molecule has 1 aliphatic heterocycles. The second-order valence-electron chi connectivity index (χ2n) is 5.96. The Kier molecular flexibility index (Phi) is 5.72. The number of rotatable bonds is 5. The van der Waals surface area contributed by atoms with Crippen LogP contribution in [0.15, 0.2) is 29.8 Å². The van der Waals surface area contributed by atoms with Gasteiger partial charge in [-0.2, -0.15) is 13.2 Å². The number of piperazine rings is 1. The third kappa shape index (κ3) is 4.70. The van der Waals surface area contributed by atoms with E-state index in [9.17, 15) is 18.0 Å². The molecule has 0 bridgehead atoms. The average molecular weight is 386 g/mol. The molecule has 0 aliphatic carbocycles. The minimum Gasteiger partial charge on any atom is -0.346 e. The van der Waals surface area contributed by atoms with Gasteiger partial charge in [0.25, 0.3) is 5.91 Å². The number of nitrogens with one attached hydrogen (secondary N) is 2. The smallest absolute Gasteiger partial charge is 0.346 e. The number of quaternary nitrogens is 1. The first-order valence-corrected chi connectivity index (χ1v) is 9.12. The Morgan fingerprint density at radius 1 is 1.31 bits per heavy atom. The van der Waals surface area contributed by atoms with E-state index in [4.69, 9.17) is 0 Å². The number of hydrogen-bond acceptors (Lipinski definition) is 5. The predicted octanol–water partition coefficient (Wildman–Crippen LogP) is 0.692. The van der Waals surface area contributed by atoms with Crippen molar-refractivity contribution in [2.45, 2.75) is 6.18 Å². The Hall–Kier alpha value is -2.20. The van der Waals surface area contributed by atoms with Crippen LogP contribution in [0.3, 0.4) is 0 Å². The summed E-state index contributed by atoms with van der Waals surface area (Å²) in [6, 6.07) is 4.49. The maximum atomic E-state index is 12.8. The Morgan fingerprint density at radius 2 is 2.08 bits per heavy atom. The minimum absolute atomic E-state index is 0.0737. The Morgan fingerprint density at radius 3 is 2.73 bits per heavy atom. The fourth-order valence-electron chi connectivity index (χ4n) is 2.78. The van der Waals surface area contributed by atoms with Gasteiger partial charge in [0.1, 0.15) is 5.69 Å². The molecule has 0 radical (unpaired) electrons. The van der Waals surface area contributed by atoms with Gasteiger partial charge in [0, 0.05) is 6.20 Å². The maximum Gasteiger partial charge on any atom is 0.433 e. The van der Waals surface area contributed by atoms with Crippen molar-refractivity contribution in [3.63, 3.8) is 0 Å². The van der Waals surface area contributed by atoms with E-state index in [0.29, 0.717) is 24.5 Å². The molecule has 26 heavy (non-hydrogen) atoms. The summed E-state index contributed by atoms with van der Waals surface area (Å²) < 4.78 is 38.3. The molecular weight excluding hydrogens is 367 g/mol. The SMILES string of the molecule is O=C(NCC[NH+]1CCN(c2nccc(C(F)(F)F)n2)CC1)c1cccs1. The molecule has 6 nitrogen and oxygen atoms in total. The molecule has 0 spiro atoms. The van der Waals surface area contributed by atoms with Gasteiger partial charge < -0.3 is 15.1 Å². The number of carbonyl (C=O) groups is 1. The molecule has 0 aromatic carbocycles. The second kappa shape index (κ2) is 8.00. The summed E-state index contributed by atoms with van der Waals surface area (Å²) in [7, 11) is 0. The van der Waals surface area contributed by atoms with Crippen LogP contribution in [-0.4, -0.2) is 55.1 Å². The van der Waals surface area contributed by atoms with Crippen LogP contribution in [0, 0.1) is 0 Å². The van der Waals surface area contributed by atoms with Crippen LogP contribution in [0.5, 0.6) is 0 Å². The lowest BCUT2D eigenvalue weighted by molar-refractivity contribution is -0.899. The van der Waals surface area contributed by atoms with Crippen molar-refractivity contribution in [3.05, 3.63) is 40.3 Å². The number of thiophene rings is 1. The van der Waals surface area contributed by atoms with Crippen molar-refractivity contribution in [2.24, 2.45) is 0 Å². The molecule has 1 amide bonds. The van der Waals surface area contributed by atoms with Crippen molar-refractivity contribution in [1.29, 1.82) is 0 Å². The highest BCUT2D eigenvalue weighted by Crippen LogP contribution is 2.28. The first kappa shape index (κ1) is 18.6. The molecule has 1 aliphatic rings. The van der Waals surface area contributed by atoms with E-state index < -0.39 is 11.9 Å². The van der Waals surface area contributed by atoms with Gasteiger partial charge in [0.05, 0.1) is 44.1 Å². The molecule has 1 saturated heterocycles. The van der Waals surface area contributed by atoms with Crippen molar-refractivity contribution >= 4 is 23.2 Å². The van der Waals surface area contributed by atoms with Gasteiger partial charge in [-0.1, -0.05) is 6.07 Å². The Balaban J connectivity index is 1.45. The number of alkyl halides is 3. The number of amides is 1. The van der Waals surface area contributed by atoms with Crippen LogP contribution in [0.2, 0.25) is 0 Å². The lowest BCUT2D eigenvalue weighted by Gasteiger charge is -2.32. The lowest BCUT2D eigenvalue weighted by Crippen LogP contribution is -3.15. The number of anilines is 1. The lowest BCUT2D eigenvalue weighted by atomic mass is 10.3. The van der Waals surface area contributed by atoms with Crippen LogP contribution in [0.1, 0.15) is 15.4 Å². The zero-order valence-electron chi connectivity index (χ0n) is 13.9. The third-order valence-electron chi connectivity index (χ3n) is 4.20. The highest BCUT2D eigenvalue weighted by atomic mass is 32.1. The molecule has 2 N–H and O–H groups in total. The van der Waals surface area contributed by atoms with Crippen LogP contribution in [0.25, 0.3) is 0 Å². The summed E-state index contributed by atoms with van der Waals surface area (Å²) in [4.78, 5) is 23.2. The first-order valence-electron chi connectivity index (χ1n) is 8.24. The maximum absolute atomic E-state index is 12.8. The normalized spacial score (nSPS) is 15.9.